The summed E-state index contributed by atoms with van der Waals surface area (Å²) in [5, 5.41) is 38.2. The van der Waals surface area contributed by atoms with Crippen molar-refractivity contribution in [2.24, 2.45) is 5.73 Å². The lowest BCUT2D eigenvalue weighted by Gasteiger charge is -2.53. The molecule has 2 aromatic rings. The summed E-state index contributed by atoms with van der Waals surface area (Å²) < 4.78 is 13.1. The van der Waals surface area contributed by atoms with Gasteiger partial charge in [0.15, 0.2) is 5.78 Å². The second kappa shape index (κ2) is 22.7. The molecule has 2 bridgehead atoms. The predicted octanol–water partition coefficient (Wildman–Crippen LogP) is 5.81. The minimum atomic E-state index is -1.00. The number of nitro groups is 1. The number of nitrogens with one attached hydrogen (secondary N) is 3. The molecule has 1 atom stereocenters. The van der Waals surface area contributed by atoms with E-state index < -0.39 is 29.2 Å². The Morgan fingerprint density at radius 1 is 0.862 bits per heavy atom. The average molecular weight is 822 g/mol. The number of benzene rings is 2. The quantitative estimate of drug-likeness (QED) is 0.0430. The normalized spacial score (nSPS) is 20.3. The Bertz CT molecular complexity index is 1730. The highest BCUT2D eigenvalue weighted by atomic mass is 31.2. The molecule has 4 aliphatic heterocycles. The van der Waals surface area contributed by atoms with Gasteiger partial charge in [-0.1, -0.05) is 48.5 Å². The number of nitro benzene ring substituents is 1. The fourth-order valence-corrected chi connectivity index (χ4v) is 10.3. The van der Waals surface area contributed by atoms with Crippen molar-refractivity contribution in [3.8, 4) is 0 Å². The molecule has 0 radical (unpaired) electrons. The van der Waals surface area contributed by atoms with Crippen LogP contribution in [0.4, 0.5) is 5.69 Å². The number of aliphatic hydroxyl groups is 1. The first-order chi connectivity index (χ1) is 27.4. The number of para-hydroxylation sites is 1. The number of dihydropyridines is 1. The molecular formula is C42H64N9O6P. The molecule has 3 fully saturated rings. The Kier molecular flexibility index (Phi) is 18.8. The van der Waals surface area contributed by atoms with Crippen LogP contribution >= 0.6 is 8.37 Å². The minimum absolute atomic E-state index is 0.0564. The average Bonchev–Trinajstić information content (AvgIpc) is 3.13. The summed E-state index contributed by atoms with van der Waals surface area (Å²) in [5.74, 6) is -2.28. The molecule has 0 aliphatic carbocycles. The summed E-state index contributed by atoms with van der Waals surface area (Å²) >= 11 is 0. The highest BCUT2D eigenvalue weighted by Crippen LogP contribution is 2.52. The molecule has 0 saturated carbocycles. The summed E-state index contributed by atoms with van der Waals surface area (Å²) in [4.78, 5) is 38.1. The van der Waals surface area contributed by atoms with Crippen LogP contribution in [0.5, 0.6) is 0 Å². The SMILES string of the molecule is CC(C)N1CCN2CCN(C(C)C)P1N(C(C)C)CC2.COC(=O)C1=C(C)NC(C)=C(C(=O)CO)C1c1ccccc1[N+](=O)[O-].N=C(N)CC(=N)Cc1ccccc1. The van der Waals surface area contributed by atoms with Gasteiger partial charge in [0.1, 0.15) is 15.0 Å². The summed E-state index contributed by atoms with van der Waals surface area (Å²) in [6.07, 6.45) is 0.856. The molecular weight excluding hydrogens is 757 g/mol. The topological polar surface area (TPSA) is 205 Å². The third kappa shape index (κ3) is 12.8. The third-order valence-electron chi connectivity index (χ3n) is 10.1. The van der Waals surface area contributed by atoms with Crippen LogP contribution in [0, 0.1) is 20.9 Å². The van der Waals surface area contributed by atoms with Crippen molar-refractivity contribution in [3.05, 3.63) is 98.4 Å². The number of methoxy groups -OCH3 is 1. The molecule has 0 aromatic heterocycles. The van der Waals surface area contributed by atoms with Crippen LogP contribution in [0.1, 0.15) is 78.9 Å². The molecule has 2 aromatic carbocycles. The van der Waals surface area contributed by atoms with Gasteiger partial charge in [0.05, 0.1) is 29.4 Å². The Morgan fingerprint density at radius 2 is 1.34 bits per heavy atom. The molecule has 0 spiro atoms. The molecule has 16 heteroatoms. The van der Waals surface area contributed by atoms with Gasteiger partial charge < -0.3 is 26.3 Å². The first-order valence-electron chi connectivity index (χ1n) is 19.8. The van der Waals surface area contributed by atoms with Crippen LogP contribution in [0.3, 0.4) is 0 Å². The Morgan fingerprint density at radius 3 is 1.79 bits per heavy atom. The summed E-state index contributed by atoms with van der Waals surface area (Å²) in [6, 6.07) is 17.5. The van der Waals surface area contributed by atoms with Crippen molar-refractivity contribution in [2.75, 3.05) is 53.0 Å². The molecule has 4 heterocycles. The molecule has 318 valence electrons. The standard InChI is InChI=1S/C17H18N2O6.C15H33N4P.C10H13N3/c1-9-14(13(21)8-20)16(15(10(2)18-9)17(22)25-3)11-6-4-5-7-12(11)19(23)24;1-13(2)17-10-7-16-8-11-18(14(3)4)20(17)19(12-9-16)15(5)6;11-9(7-10(12)13)6-8-4-2-1-3-5-8/h4-7,16,18,20H,8H2,1-3H3;13-15H,7-12H2,1-6H3;1-5,11H,6-7H2,(H3,12,13). The van der Waals surface area contributed by atoms with Crippen LogP contribution in [-0.4, -0.2) is 123 Å². The van der Waals surface area contributed by atoms with Crippen LogP contribution in [0.15, 0.2) is 77.1 Å². The van der Waals surface area contributed by atoms with Gasteiger partial charge >= 0.3 is 5.97 Å². The first-order valence-corrected chi connectivity index (χ1v) is 21.0. The maximum Gasteiger partial charge on any atom is 0.336 e. The lowest BCUT2D eigenvalue weighted by atomic mass is 9.78. The van der Waals surface area contributed by atoms with Gasteiger partial charge in [-0.15, -0.1) is 0 Å². The molecule has 4 aliphatic rings. The monoisotopic (exact) mass is 821 g/mol. The zero-order valence-electron chi connectivity index (χ0n) is 35.6. The number of esters is 1. The second-order valence-electron chi connectivity index (χ2n) is 15.4. The van der Waals surface area contributed by atoms with Gasteiger partial charge in [-0.25, -0.2) is 4.79 Å². The number of hydrogen-bond acceptors (Lipinski definition) is 13. The van der Waals surface area contributed by atoms with Crippen LogP contribution in [0.25, 0.3) is 0 Å². The van der Waals surface area contributed by atoms with Gasteiger partial charge in [-0.05, 0) is 61.0 Å². The smallest absolute Gasteiger partial charge is 0.336 e. The molecule has 1 unspecified atom stereocenters. The number of carbonyl (C=O) groups excluding carboxylic acids is 2. The molecule has 3 saturated heterocycles. The maximum absolute atomic E-state index is 12.3. The van der Waals surface area contributed by atoms with E-state index >= 15 is 0 Å². The maximum atomic E-state index is 12.3. The van der Waals surface area contributed by atoms with E-state index in [-0.39, 0.29) is 43.0 Å². The zero-order valence-corrected chi connectivity index (χ0v) is 36.5. The number of nitrogens with two attached hydrogens (primary N) is 1. The highest BCUT2D eigenvalue weighted by molar-refractivity contribution is 7.50. The number of allylic oxidation sites excluding steroid dienone is 2. The molecule has 15 nitrogen and oxygen atoms in total. The zero-order chi connectivity index (χ0) is 43.3. The van der Waals surface area contributed by atoms with Crippen molar-refractivity contribution in [2.45, 2.75) is 92.3 Å². The Labute approximate surface area is 345 Å². The van der Waals surface area contributed by atoms with E-state index in [0.29, 0.717) is 41.7 Å². The Balaban J connectivity index is 0.000000244. The van der Waals surface area contributed by atoms with Crippen molar-refractivity contribution >= 4 is 37.4 Å². The molecule has 0 amide bonds. The minimum Gasteiger partial charge on any atom is -0.466 e. The van der Waals surface area contributed by atoms with E-state index in [9.17, 15) is 24.8 Å². The molecule has 6 rings (SSSR count). The van der Waals surface area contributed by atoms with E-state index in [1.54, 1.807) is 19.9 Å². The number of nitrogens with zero attached hydrogens (tertiary/aromatic N) is 5. The highest BCUT2D eigenvalue weighted by Gasteiger charge is 2.41. The number of ether oxygens (including phenoxy) is 1. The number of amidine groups is 1. The summed E-state index contributed by atoms with van der Waals surface area (Å²) in [7, 11) is 0.879. The van der Waals surface area contributed by atoms with Gasteiger partial charge in [0.25, 0.3) is 5.69 Å². The lowest BCUT2D eigenvalue weighted by Crippen LogP contribution is -2.55. The van der Waals surface area contributed by atoms with E-state index in [1.165, 1.54) is 64.6 Å². The summed E-state index contributed by atoms with van der Waals surface area (Å²) in [6.45, 7) is 24.0. The van der Waals surface area contributed by atoms with E-state index in [0.717, 1.165) is 5.56 Å². The van der Waals surface area contributed by atoms with Gasteiger partial charge in [-0.2, -0.15) is 0 Å². The van der Waals surface area contributed by atoms with Gasteiger partial charge in [0, 0.05) is 105 Å². The Hall–Kier alpha value is -4.37. The fraction of sp³-hybridized carbons (Fsp3) is 0.524. The molecule has 58 heavy (non-hydrogen) atoms. The predicted molar refractivity (Wildman–Crippen MR) is 232 cm³/mol. The largest absolute Gasteiger partial charge is 0.466 e. The van der Waals surface area contributed by atoms with Crippen molar-refractivity contribution in [1.82, 2.24) is 24.2 Å². The number of hydrogen-bond donors (Lipinski definition) is 5. The number of aliphatic hydroxyl groups excluding tert-OH is 1. The number of carbonyl (C=O) groups is 2. The number of Topliss-reactive ketones (excluding diaryl/α,β-unsaturated/α-hetero) is 1. The van der Waals surface area contributed by atoms with E-state index in [2.05, 4.69) is 65.8 Å². The first kappa shape index (κ1) is 48.0. The molecule has 6 N–H and O–H groups in total. The third-order valence-corrected chi connectivity index (χ3v) is 13.5. The van der Waals surface area contributed by atoms with E-state index in [1.807, 2.05) is 30.3 Å². The van der Waals surface area contributed by atoms with Crippen LogP contribution in [0.2, 0.25) is 0 Å². The van der Waals surface area contributed by atoms with Crippen molar-refractivity contribution in [3.63, 3.8) is 0 Å². The number of rotatable bonds is 12. The number of fused-ring (bicyclic) bond motifs is 6. The van der Waals surface area contributed by atoms with Gasteiger partial charge in [0.2, 0.25) is 0 Å². The summed E-state index contributed by atoms with van der Waals surface area (Å²) in [5.41, 5.74) is 7.78. The lowest BCUT2D eigenvalue weighted by molar-refractivity contribution is -0.385. The second-order valence-corrected chi connectivity index (χ2v) is 17.5. The van der Waals surface area contributed by atoms with Crippen molar-refractivity contribution < 1.29 is 24.4 Å². The number of ketones is 1. The van der Waals surface area contributed by atoms with Crippen LogP contribution in [-0.2, 0) is 20.7 Å². The van der Waals surface area contributed by atoms with Crippen molar-refractivity contribution in [1.29, 1.82) is 10.8 Å². The van der Waals surface area contributed by atoms with E-state index in [4.69, 9.17) is 21.3 Å². The van der Waals surface area contributed by atoms with Crippen LogP contribution < -0.4 is 11.1 Å². The van der Waals surface area contributed by atoms with Gasteiger partial charge in [-0.3, -0.25) is 39.2 Å². The fourth-order valence-electron chi connectivity index (χ4n) is 7.35.